The average molecular weight is 466 g/mol. The Morgan fingerprint density at radius 2 is 2.00 bits per heavy atom. The molecule has 0 spiro atoms. The van der Waals surface area contributed by atoms with Gasteiger partial charge in [0.15, 0.2) is 5.82 Å². The van der Waals surface area contributed by atoms with Crippen LogP contribution in [-0.2, 0) is 11.3 Å². The third kappa shape index (κ3) is 3.77. The fraction of sp³-hybridized carbons (Fsp3) is 0.261. The van der Waals surface area contributed by atoms with Gasteiger partial charge in [-0.15, -0.1) is 0 Å². The van der Waals surface area contributed by atoms with E-state index >= 15 is 0 Å². The number of ether oxygens (including phenoxy) is 1. The molecule has 0 atom stereocenters. The second-order valence-electron chi connectivity index (χ2n) is 7.61. The number of rotatable bonds is 5. The Hall–Kier alpha value is -2.93. The van der Waals surface area contributed by atoms with E-state index in [1.54, 1.807) is 7.11 Å². The lowest BCUT2D eigenvalue weighted by Crippen LogP contribution is -2.30. The molecule has 0 saturated heterocycles. The fourth-order valence-corrected chi connectivity index (χ4v) is 3.95. The smallest absolute Gasteiger partial charge is 0.254 e. The summed E-state index contributed by atoms with van der Waals surface area (Å²) in [6.07, 6.45) is 4.39. The number of nitrogens with zero attached hydrogens (tertiary/aromatic N) is 3. The molecule has 0 N–H and O–H groups in total. The van der Waals surface area contributed by atoms with Gasteiger partial charge in [0.2, 0.25) is 5.91 Å². The van der Waals surface area contributed by atoms with Crippen molar-refractivity contribution in [2.45, 2.75) is 31.7 Å². The van der Waals surface area contributed by atoms with Crippen molar-refractivity contribution in [3.05, 3.63) is 69.8 Å². The van der Waals surface area contributed by atoms with Crippen LogP contribution in [0.15, 0.2) is 51.5 Å². The van der Waals surface area contributed by atoms with Crippen LogP contribution < -0.4 is 9.64 Å². The number of hydrogen-bond donors (Lipinski definition) is 0. The van der Waals surface area contributed by atoms with E-state index in [1.165, 1.54) is 0 Å². The molecule has 30 heavy (non-hydrogen) atoms. The number of anilines is 1. The van der Waals surface area contributed by atoms with Crippen LogP contribution in [0.5, 0.6) is 5.75 Å². The topological polar surface area (TPSA) is 68.5 Å². The molecule has 1 aliphatic carbocycles. The van der Waals surface area contributed by atoms with Crippen molar-refractivity contribution in [2.75, 3.05) is 12.0 Å². The molecule has 1 amide bonds. The van der Waals surface area contributed by atoms with Crippen molar-refractivity contribution in [3.63, 3.8) is 0 Å². The van der Waals surface area contributed by atoms with Crippen LogP contribution in [0.1, 0.15) is 48.0 Å². The summed E-state index contributed by atoms with van der Waals surface area (Å²) in [7, 11) is 1.64. The Bertz CT molecular complexity index is 1130. The van der Waals surface area contributed by atoms with Gasteiger partial charge in [-0.1, -0.05) is 39.3 Å². The predicted octanol–water partition coefficient (Wildman–Crippen LogP) is 5.20. The number of carbonyl (C=O) groups excluding carboxylic acids is 1. The quantitative estimate of drug-likeness (QED) is 0.518. The van der Waals surface area contributed by atoms with E-state index in [0.717, 1.165) is 51.3 Å². The Labute approximate surface area is 182 Å². The summed E-state index contributed by atoms with van der Waals surface area (Å²) in [5.41, 5.74) is 3.56. The third-order valence-corrected chi connectivity index (χ3v) is 5.91. The molecule has 7 heteroatoms. The monoisotopic (exact) mass is 465 g/mol. The summed E-state index contributed by atoms with van der Waals surface area (Å²) in [5.74, 6) is 2.36. The van der Waals surface area contributed by atoms with Gasteiger partial charge in [0.1, 0.15) is 5.75 Å². The van der Waals surface area contributed by atoms with Gasteiger partial charge in [0.25, 0.3) is 5.89 Å². The van der Waals surface area contributed by atoms with E-state index in [4.69, 9.17) is 9.26 Å². The first kappa shape index (κ1) is 19.1. The van der Waals surface area contributed by atoms with Crippen LogP contribution >= 0.6 is 15.9 Å². The highest BCUT2D eigenvalue weighted by atomic mass is 79.9. The van der Waals surface area contributed by atoms with Crippen molar-refractivity contribution in [1.29, 1.82) is 0 Å². The van der Waals surface area contributed by atoms with E-state index in [-0.39, 0.29) is 12.3 Å². The molecule has 2 aromatic carbocycles. The first-order valence-corrected chi connectivity index (χ1v) is 10.7. The van der Waals surface area contributed by atoms with E-state index in [0.29, 0.717) is 18.4 Å². The number of fused-ring (bicyclic) bond motifs is 1. The minimum atomic E-state index is -0.0138. The van der Waals surface area contributed by atoms with Crippen LogP contribution in [0.3, 0.4) is 0 Å². The third-order valence-electron chi connectivity index (χ3n) is 5.41. The minimum absolute atomic E-state index is 0.0138. The zero-order chi connectivity index (χ0) is 20.7. The summed E-state index contributed by atoms with van der Waals surface area (Å²) in [6, 6.07) is 13.7. The van der Waals surface area contributed by atoms with Gasteiger partial charge in [-0.25, -0.2) is 0 Å². The molecular weight excluding hydrogens is 446 g/mol. The minimum Gasteiger partial charge on any atom is -0.497 e. The largest absolute Gasteiger partial charge is 0.497 e. The number of aromatic nitrogens is 2. The molecule has 3 aromatic rings. The fourth-order valence-electron chi connectivity index (χ4n) is 3.60. The normalized spacial score (nSPS) is 16.1. The van der Waals surface area contributed by atoms with Gasteiger partial charge in [-0.05, 0) is 54.3 Å². The van der Waals surface area contributed by atoms with Gasteiger partial charge in [0, 0.05) is 16.0 Å². The first-order valence-electron chi connectivity index (χ1n) is 9.88. The maximum Gasteiger partial charge on any atom is 0.254 e. The average Bonchev–Trinajstić information content (AvgIpc) is 3.51. The zero-order valence-electron chi connectivity index (χ0n) is 16.5. The first-order chi connectivity index (χ1) is 14.6. The molecule has 1 fully saturated rings. The van der Waals surface area contributed by atoms with Crippen LogP contribution in [0, 0.1) is 0 Å². The Balaban J connectivity index is 1.50. The molecule has 1 aromatic heterocycles. The standard InChI is InChI=1S/C23H20BrN3O3/c1-29-19-8-2-14(3-9-19)13-27-20-12-18(24)7-6-16(20)10-17(11-21(27)28)23-25-22(26-30-23)15-4-5-15/h2-3,6-10,12,15H,4-5,11,13H2,1H3. The number of amides is 1. The summed E-state index contributed by atoms with van der Waals surface area (Å²) in [4.78, 5) is 19.7. The molecule has 0 unspecified atom stereocenters. The molecule has 2 aliphatic rings. The lowest BCUT2D eigenvalue weighted by molar-refractivity contribution is -0.117. The molecular formula is C23H20BrN3O3. The highest BCUT2D eigenvalue weighted by Gasteiger charge is 2.31. The maximum atomic E-state index is 13.3. The lowest BCUT2D eigenvalue weighted by Gasteiger charge is -2.23. The van der Waals surface area contributed by atoms with Crippen molar-refractivity contribution < 1.29 is 14.1 Å². The van der Waals surface area contributed by atoms with Crippen molar-refractivity contribution in [1.82, 2.24) is 10.1 Å². The van der Waals surface area contributed by atoms with Gasteiger partial charge >= 0.3 is 0 Å². The number of hydrogen-bond acceptors (Lipinski definition) is 5. The van der Waals surface area contributed by atoms with Gasteiger partial charge in [0.05, 0.1) is 25.8 Å². The number of methoxy groups -OCH3 is 1. The second-order valence-corrected chi connectivity index (χ2v) is 8.53. The molecule has 2 heterocycles. The second kappa shape index (κ2) is 7.72. The summed E-state index contributed by atoms with van der Waals surface area (Å²) in [6.45, 7) is 0.463. The van der Waals surface area contributed by atoms with E-state index in [1.807, 2.05) is 53.4 Å². The van der Waals surface area contributed by atoms with Crippen molar-refractivity contribution >= 4 is 39.2 Å². The molecule has 5 rings (SSSR count). The predicted molar refractivity (Wildman–Crippen MR) is 117 cm³/mol. The van der Waals surface area contributed by atoms with E-state index in [9.17, 15) is 4.79 Å². The summed E-state index contributed by atoms with van der Waals surface area (Å²) in [5, 5.41) is 4.11. The lowest BCUT2D eigenvalue weighted by atomic mass is 10.1. The number of carbonyl (C=O) groups is 1. The van der Waals surface area contributed by atoms with Crippen molar-refractivity contribution in [2.24, 2.45) is 0 Å². The molecule has 6 nitrogen and oxygen atoms in total. The van der Waals surface area contributed by atoms with Crippen molar-refractivity contribution in [3.8, 4) is 5.75 Å². The van der Waals surface area contributed by atoms with Gasteiger partial charge in [-0.2, -0.15) is 4.98 Å². The number of benzene rings is 2. The van der Waals surface area contributed by atoms with Gasteiger partial charge in [-0.3, -0.25) is 4.79 Å². The van der Waals surface area contributed by atoms with Crippen LogP contribution in [0.4, 0.5) is 5.69 Å². The summed E-state index contributed by atoms with van der Waals surface area (Å²) < 4.78 is 11.7. The summed E-state index contributed by atoms with van der Waals surface area (Å²) >= 11 is 3.54. The Morgan fingerprint density at radius 3 is 2.73 bits per heavy atom. The zero-order valence-corrected chi connectivity index (χ0v) is 18.1. The van der Waals surface area contributed by atoms with Crippen LogP contribution in [-0.4, -0.2) is 23.2 Å². The van der Waals surface area contributed by atoms with Crippen LogP contribution in [0.2, 0.25) is 0 Å². The SMILES string of the molecule is COc1ccc(CN2C(=O)CC(c3nc(C4CC4)no3)=Cc3ccc(Br)cc32)cc1. The Kier molecular flexibility index (Phi) is 4.90. The maximum absolute atomic E-state index is 13.3. The molecule has 0 radical (unpaired) electrons. The number of halogens is 1. The highest BCUT2D eigenvalue weighted by Crippen LogP contribution is 2.40. The molecule has 152 valence electrons. The Morgan fingerprint density at radius 1 is 1.20 bits per heavy atom. The van der Waals surface area contributed by atoms with E-state index < -0.39 is 0 Å². The highest BCUT2D eigenvalue weighted by molar-refractivity contribution is 9.10. The van der Waals surface area contributed by atoms with E-state index in [2.05, 4.69) is 26.1 Å². The van der Waals surface area contributed by atoms with Gasteiger partial charge < -0.3 is 14.2 Å². The molecule has 0 bridgehead atoms. The van der Waals surface area contributed by atoms with Crippen LogP contribution in [0.25, 0.3) is 11.6 Å². The molecule has 1 aliphatic heterocycles. The molecule has 1 saturated carbocycles.